The number of halogens is 1. The predicted molar refractivity (Wildman–Crippen MR) is 143 cm³/mol. The van der Waals surface area contributed by atoms with E-state index in [1.807, 2.05) is 54.6 Å². The average Bonchev–Trinajstić information content (AvgIpc) is 3.36. The second kappa shape index (κ2) is 8.77. The van der Waals surface area contributed by atoms with Crippen LogP contribution < -0.4 is 4.74 Å². The van der Waals surface area contributed by atoms with Gasteiger partial charge >= 0.3 is 5.97 Å². The number of carboxylic acid groups (broad SMARTS) is 1. The van der Waals surface area contributed by atoms with E-state index in [-0.39, 0.29) is 24.3 Å². The lowest BCUT2D eigenvalue weighted by molar-refractivity contribution is -0.157. The highest BCUT2D eigenvalue weighted by Gasteiger charge is 2.70. The number of methoxy groups -OCH3 is 1. The van der Waals surface area contributed by atoms with E-state index in [0.29, 0.717) is 17.3 Å². The molecule has 3 aromatic carbocycles. The molecule has 188 valence electrons. The third-order valence-electron chi connectivity index (χ3n) is 8.93. The van der Waals surface area contributed by atoms with Crippen LogP contribution in [0.3, 0.4) is 0 Å². The summed E-state index contributed by atoms with van der Waals surface area (Å²) in [4.78, 5) is 28.5. The smallest absolute Gasteiger partial charge is 0.312 e. The van der Waals surface area contributed by atoms with Gasteiger partial charge in [-0.1, -0.05) is 66.2 Å². The van der Waals surface area contributed by atoms with Crippen LogP contribution in [0.5, 0.6) is 5.75 Å². The molecule has 2 fully saturated rings. The maximum absolute atomic E-state index is 13.5. The SMILES string of the molecule is COc1ccccc1/C=C/C(=O)N1C[C@H]2[C@]3(c4cccc(Cl)c4)CC[C@@H](c4ccccc43)[C@@]2(C(=O)O)C1. The van der Waals surface area contributed by atoms with Gasteiger partial charge in [0.15, 0.2) is 0 Å². The van der Waals surface area contributed by atoms with E-state index < -0.39 is 16.8 Å². The molecule has 1 saturated carbocycles. The van der Waals surface area contributed by atoms with E-state index in [1.165, 1.54) is 11.6 Å². The van der Waals surface area contributed by atoms with Crippen LogP contribution in [-0.2, 0) is 15.0 Å². The molecular weight excluding hydrogens is 486 g/mol. The molecule has 3 aromatic rings. The van der Waals surface area contributed by atoms with Crippen molar-refractivity contribution < 1.29 is 19.4 Å². The number of carbonyl (C=O) groups excluding carboxylic acids is 1. The van der Waals surface area contributed by atoms with Crippen LogP contribution in [0.1, 0.15) is 41.0 Å². The van der Waals surface area contributed by atoms with Crippen molar-refractivity contribution in [3.05, 3.63) is 106 Å². The predicted octanol–water partition coefficient (Wildman–Crippen LogP) is 5.77. The number of aliphatic carboxylic acids is 1. The quantitative estimate of drug-likeness (QED) is 0.440. The minimum atomic E-state index is -1.07. The van der Waals surface area contributed by atoms with Crippen molar-refractivity contribution in [1.29, 1.82) is 0 Å². The maximum atomic E-state index is 13.5. The van der Waals surface area contributed by atoms with Gasteiger partial charge < -0.3 is 14.7 Å². The Morgan fingerprint density at radius 2 is 1.86 bits per heavy atom. The molecule has 4 atom stereocenters. The first-order valence-electron chi connectivity index (χ1n) is 12.6. The number of amides is 1. The normalized spacial score (nSPS) is 27.7. The fourth-order valence-corrected chi connectivity index (χ4v) is 7.65. The highest BCUT2D eigenvalue weighted by atomic mass is 35.5. The Kier molecular flexibility index (Phi) is 5.64. The molecule has 2 bridgehead atoms. The summed E-state index contributed by atoms with van der Waals surface area (Å²) < 4.78 is 5.41. The van der Waals surface area contributed by atoms with Crippen molar-refractivity contribution in [2.24, 2.45) is 11.3 Å². The Morgan fingerprint density at radius 1 is 1.08 bits per heavy atom. The molecule has 5 nitrogen and oxygen atoms in total. The number of carbonyl (C=O) groups is 2. The van der Waals surface area contributed by atoms with Gasteiger partial charge in [-0.3, -0.25) is 9.59 Å². The lowest BCUT2D eigenvalue weighted by atomic mass is 9.42. The van der Waals surface area contributed by atoms with E-state index in [4.69, 9.17) is 16.3 Å². The summed E-state index contributed by atoms with van der Waals surface area (Å²) in [5.41, 5.74) is 2.49. The van der Waals surface area contributed by atoms with Crippen molar-refractivity contribution in [3.63, 3.8) is 0 Å². The summed E-state index contributed by atoms with van der Waals surface area (Å²) in [6.07, 6.45) is 4.86. The van der Waals surface area contributed by atoms with Crippen LogP contribution in [0.4, 0.5) is 0 Å². The Hall–Kier alpha value is -3.57. The second-order valence-electron chi connectivity index (χ2n) is 10.4. The molecule has 1 heterocycles. The topological polar surface area (TPSA) is 66.8 Å². The molecule has 0 unspecified atom stereocenters. The molecule has 1 aliphatic heterocycles. The van der Waals surface area contributed by atoms with Gasteiger partial charge in [0.1, 0.15) is 5.75 Å². The van der Waals surface area contributed by atoms with E-state index in [9.17, 15) is 14.7 Å². The molecule has 3 aliphatic carbocycles. The van der Waals surface area contributed by atoms with Crippen molar-refractivity contribution >= 4 is 29.6 Å². The number of benzene rings is 3. The van der Waals surface area contributed by atoms with E-state index >= 15 is 0 Å². The lowest BCUT2D eigenvalue weighted by Gasteiger charge is -2.59. The summed E-state index contributed by atoms with van der Waals surface area (Å²) in [7, 11) is 1.60. The van der Waals surface area contributed by atoms with Gasteiger partial charge in [-0.25, -0.2) is 0 Å². The molecule has 1 saturated heterocycles. The maximum Gasteiger partial charge on any atom is 0.312 e. The number of nitrogens with zero attached hydrogens (tertiary/aromatic N) is 1. The van der Waals surface area contributed by atoms with Crippen LogP contribution in [0, 0.1) is 11.3 Å². The average molecular weight is 514 g/mol. The Balaban J connectivity index is 1.45. The lowest BCUT2D eigenvalue weighted by Crippen LogP contribution is -2.60. The molecule has 37 heavy (non-hydrogen) atoms. The number of fused-ring (bicyclic) bond motifs is 1. The zero-order chi connectivity index (χ0) is 25.8. The number of hydrogen-bond donors (Lipinski definition) is 1. The Morgan fingerprint density at radius 3 is 2.65 bits per heavy atom. The van der Waals surface area contributed by atoms with E-state index in [1.54, 1.807) is 18.1 Å². The largest absolute Gasteiger partial charge is 0.496 e. The van der Waals surface area contributed by atoms with Gasteiger partial charge in [0.05, 0.1) is 12.5 Å². The van der Waals surface area contributed by atoms with Gasteiger partial charge in [-0.15, -0.1) is 0 Å². The van der Waals surface area contributed by atoms with Gasteiger partial charge in [-0.2, -0.15) is 0 Å². The zero-order valence-corrected chi connectivity index (χ0v) is 21.3. The molecule has 1 N–H and O–H groups in total. The first kappa shape index (κ1) is 23.8. The van der Waals surface area contributed by atoms with Crippen LogP contribution in [-0.4, -0.2) is 42.1 Å². The van der Waals surface area contributed by atoms with E-state index in [2.05, 4.69) is 18.2 Å². The molecule has 7 rings (SSSR count). The van der Waals surface area contributed by atoms with Crippen LogP contribution in [0.15, 0.2) is 78.9 Å². The fourth-order valence-electron chi connectivity index (χ4n) is 7.46. The molecule has 4 aliphatic rings. The van der Waals surface area contributed by atoms with Gasteiger partial charge in [0, 0.05) is 47.0 Å². The van der Waals surface area contributed by atoms with Crippen molar-refractivity contribution in [1.82, 2.24) is 4.90 Å². The molecule has 0 spiro atoms. The first-order chi connectivity index (χ1) is 17.9. The third-order valence-corrected chi connectivity index (χ3v) is 9.17. The summed E-state index contributed by atoms with van der Waals surface area (Å²) in [5, 5.41) is 11.5. The summed E-state index contributed by atoms with van der Waals surface area (Å²) in [6.45, 7) is 0.558. The number of ether oxygens (including phenoxy) is 1. The third kappa shape index (κ3) is 3.37. The van der Waals surface area contributed by atoms with Crippen molar-refractivity contribution in [3.8, 4) is 5.75 Å². The molecule has 0 aromatic heterocycles. The minimum absolute atomic E-state index is 0.150. The Labute approximate surface area is 221 Å². The molecule has 0 radical (unpaired) electrons. The number of carboxylic acids is 1. The number of likely N-dealkylation sites (tertiary alicyclic amines) is 1. The summed E-state index contributed by atoms with van der Waals surface area (Å²) in [6, 6.07) is 23.6. The highest BCUT2D eigenvalue weighted by molar-refractivity contribution is 6.30. The minimum Gasteiger partial charge on any atom is -0.496 e. The zero-order valence-electron chi connectivity index (χ0n) is 20.6. The monoisotopic (exact) mass is 513 g/mol. The van der Waals surface area contributed by atoms with Crippen molar-refractivity contribution in [2.45, 2.75) is 24.2 Å². The molecular formula is C31H28ClNO4. The standard InChI is InChI=1S/C31H28ClNO4/c1-37-26-12-5-2-7-20(26)13-14-28(34)33-18-27-30(21-8-6-9-22(32)17-21)16-15-25(31(27,19-33)29(35)36)23-10-3-4-11-24(23)30/h2-14,17,25,27H,15-16,18-19H2,1H3,(H,35,36)/b14-13+/t25-,27-,30-,31-/m0/s1. The summed E-state index contributed by atoms with van der Waals surface area (Å²) in [5.74, 6) is -0.758. The van der Waals surface area contributed by atoms with E-state index in [0.717, 1.165) is 29.5 Å². The van der Waals surface area contributed by atoms with Crippen LogP contribution >= 0.6 is 11.6 Å². The number of rotatable bonds is 5. The molecule has 6 heteroatoms. The van der Waals surface area contributed by atoms with Crippen LogP contribution in [0.25, 0.3) is 6.08 Å². The number of para-hydroxylation sites is 1. The van der Waals surface area contributed by atoms with Gasteiger partial charge in [-0.05, 0) is 53.8 Å². The Bertz CT molecular complexity index is 1430. The highest BCUT2D eigenvalue weighted by Crippen LogP contribution is 2.69. The first-order valence-corrected chi connectivity index (χ1v) is 13.0. The van der Waals surface area contributed by atoms with Crippen molar-refractivity contribution in [2.75, 3.05) is 20.2 Å². The summed E-state index contributed by atoms with van der Waals surface area (Å²) >= 11 is 6.47. The molecule has 1 amide bonds. The second-order valence-corrected chi connectivity index (χ2v) is 10.8. The van der Waals surface area contributed by atoms with Gasteiger partial charge in [0.2, 0.25) is 5.91 Å². The fraction of sp³-hybridized carbons (Fsp3) is 0.290. The van der Waals surface area contributed by atoms with Crippen LogP contribution in [0.2, 0.25) is 5.02 Å². The number of hydrogen-bond acceptors (Lipinski definition) is 3. The van der Waals surface area contributed by atoms with Gasteiger partial charge in [0.25, 0.3) is 0 Å².